The molecular formula is C14H26N4S. The number of thioether (sulfide) groups is 1. The number of hydrogen-bond acceptors (Lipinski definition) is 5. The summed E-state index contributed by atoms with van der Waals surface area (Å²) in [4.78, 5) is 9.25. The van der Waals surface area contributed by atoms with Crippen molar-refractivity contribution in [1.29, 1.82) is 0 Å². The quantitative estimate of drug-likeness (QED) is 0.801. The lowest BCUT2D eigenvalue weighted by atomic mass is 10.2. The normalized spacial score (nSPS) is 12.6. The lowest BCUT2D eigenvalue weighted by Crippen LogP contribution is -2.17. The lowest BCUT2D eigenvalue weighted by Gasteiger charge is -2.17. The Bertz CT molecular complexity index is 407. The molecule has 0 spiro atoms. The van der Waals surface area contributed by atoms with Gasteiger partial charge in [0.05, 0.1) is 0 Å². The zero-order chi connectivity index (χ0) is 14.4. The number of aromatic nitrogens is 2. The van der Waals surface area contributed by atoms with Crippen LogP contribution in [-0.2, 0) is 0 Å². The number of nitrogens with one attached hydrogen (secondary N) is 2. The third kappa shape index (κ3) is 4.56. The van der Waals surface area contributed by atoms with Gasteiger partial charge in [-0.3, -0.25) is 0 Å². The summed E-state index contributed by atoms with van der Waals surface area (Å²) >= 11 is 1.85. The number of anilines is 2. The SMILES string of the molecule is CCNc1nc(C(C)C)nc(NCC(C)SC)c1C. The molecule has 1 aromatic rings. The fraction of sp³-hybridized carbons (Fsp3) is 0.714. The van der Waals surface area contributed by atoms with Crippen LogP contribution < -0.4 is 10.6 Å². The Kier molecular flexibility index (Phi) is 6.42. The van der Waals surface area contributed by atoms with Crippen molar-refractivity contribution in [1.82, 2.24) is 9.97 Å². The molecule has 1 heterocycles. The van der Waals surface area contributed by atoms with Crippen LogP contribution in [0, 0.1) is 6.92 Å². The summed E-state index contributed by atoms with van der Waals surface area (Å²) < 4.78 is 0. The van der Waals surface area contributed by atoms with Crippen LogP contribution in [0.2, 0.25) is 0 Å². The van der Waals surface area contributed by atoms with Gasteiger partial charge in [-0.05, 0) is 20.1 Å². The second-order valence-corrected chi connectivity index (χ2v) is 6.29. The van der Waals surface area contributed by atoms with Gasteiger partial charge in [0.1, 0.15) is 17.5 Å². The van der Waals surface area contributed by atoms with Crippen molar-refractivity contribution in [2.45, 2.75) is 45.8 Å². The first kappa shape index (κ1) is 16.1. The molecule has 0 aliphatic rings. The highest BCUT2D eigenvalue weighted by molar-refractivity contribution is 7.99. The van der Waals surface area contributed by atoms with Gasteiger partial charge < -0.3 is 10.6 Å². The van der Waals surface area contributed by atoms with Crippen LogP contribution in [0.5, 0.6) is 0 Å². The summed E-state index contributed by atoms with van der Waals surface area (Å²) in [6, 6.07) is 0. The van der Waals surface area contributed by atoms with Crippen molar-refractivity contribution in [3.05, 3.63) is 11.4 Å². The minimum absolute atomic E-state index is 0.330. The molecule has 5 heteroatoms. The molecular weight excluding hydrogens is 256 g/mol. The maximum absolute atomic E-state index is 4.65. The van der Waals surface area contributed by atoms with Gasteiger partial charge in [0.2, 0.25) is 0 Å². The summed E-state index contributed by atoms with van der Waals surface area (Å²) in [5, 5.41) is 7.33. The predicted octanol–water partition coefficient (Wildman–Crippen LogP) is 3.50. The van der Waals surface area contributed by atoms with Crippen molar-refractivity contribution in [2.75, 3.05) is 30.0 Å². The van der Waals surface area contributed by atoms with Crippen molar-refractivity contribution < 1.29 is 0 Å². The molecule has 0 amide bonds. The average molecular weight is 282 g/mol. The fourth-order valence-corrected chi connectivity index (χ4v) is 1.88. The third-order valence-electron chi connectivity index (χ3n) is 2.98. The molecule has 1 unspecified atom stereocenters. The van der Waals surface area contributed by atoms with Crippen LogP contribution in [0.3, 0.4) is 0 Å². The van der Waals surface area contributed by atoms with E-state index in [2.05, 4.69) is 61.5 Å². The fourth-order valence-electron chi connectivity index (χ4n) is 1.63. The van der Waals surface area contributed by atoms with Crippen molar-refractivity contribution in [2.24, 2.45) is 0 Å². The average Bonchev–Trinajstić information content (AvgIpc) is 2.39. The molecule has 19 heavy (non-hydrogen) atoms. The van der Waals surface area contributed by atoms with Gasteiger partial charge >= 0.3 is 0 Å². The Morgan fingerprint density at radius 2 is 1.68 bits per heavy atom. The zero-order valence-electron chi connectivity index (χ0n) is 12.9. The van der Waals surface area contributed by atoms with Gasteiger partial charge in [-0.15, -0.1) is 0 Å². The maximum atomic E-state index is 4.65. The van der Waals surface area contributed by atoms with Crippen molar-refractivity contribution >= 4 is 23.4 Å². The van der Waals surface area contributed by atoms with E-state index in [9.17, 15) is 0 Å². The summed E-state index contributed by atoms with van der Waals surface area (Å²) in [7, 11) is 0. The van der Waals surface area contributed by atoms with E-state index in [1.54, 1.807) is 0 Å². The molecule has 1 rings (SSSR count). The highest BCUT2D eigenvalue weighted by atomic mass is 32.2. The molecule has 1 atom stereocenters. The van der Waals surface area contributed by atoms with E-state index in [1.165, 1.54) is 0 Å². The Hall–Kier alpha value is -0.970. The lowest BCUT2D eigenvalue weighted by molar-refractivity contribution is 0.771. The van der Waals surface area contributed by atoms with E-state index in [1.807, 2.05) is 11.8 Å². The molecule has 0 aliphatic heterocycles. The molecule has 0 saturated heterocycles. The summed E-state index contributed by atoms with van der Waals surface area (Å²) in [5.41, 5.74) is 1.10. The first-order chi connectivity index (χ1) is 8.99. The van der Waals surface area contributed by atoms with E-state index >= 15 is 0 Å². The number of nitrogens with zero attached hydrogens (tertiary/aromatic N) is 2. The van der Waals surface area contributed by atoms with E-state index in [-0.39, 0.29) is 0 Å². The molecule has 2 N–H and O–H groups in total. The van der Waals surface area contributed by atoms with E-state index in [0.717, 1.165) is 36.1 Å². The molecule has 0 aliphatic carbocycles. The van der Waals surface area contributed by atoms with E-state index in [4.69, 9.17) is 0 Å². The minimum Gasteiger partial charge on any atom is -0.370 e. The smallest absolute Gasteiger partial charge is 0.135 e. The van der Waals surface area contributed by atoms with Crippen LogP contribution in [0.25, 0.3) is 0 Å². The van der Waals surface area contributed by atoms with Crippen LogP contribution in [0.15, 0.2) is 0 Å². The van der Waals surface area contributed by atoms with Crippen molar-refractivity contribution in [3.8, 4) is 0 Å². The zero-order valence-corrected chi connectivity index (χ0v) is 13.7. The highest BCUT2D eigenvalue weighted by Gasteiger charge is 2.13. The molecule has 0 aromatic carbocycles. The van der Waals surface area contributed by atoms with Crippen LogP contribution in [-0.4, -0.2) is 34.6 Å². The molecule has 0 bridgehead atoms. The monoisotopic (exact) mass is 282 g/mol. The van der Waals surface area contributed by atoms with Gasteiger partial charge in [-0.25, -0.2) is 9.97 Å². The topological polar surface area (TPSA) is 49.8 Å². The van der Waals surface area contributed by atoms with Gasteiger partial charge in [0, 0.05) is 29.8 Å². The Morgan fingerprint density at radius 1 is 1.11 bits per heavy atom. The first-order valence-electron chi connectivity index (χ1n) is 6.88. The maximum Gasteiger partial charge on any atom is 0.135 e. The van der Waals surface area contributed by atoms with Gasteiger partial charge in [-0.1, -0.05) is 20.8 Å². The number of rotatable bonds is 7. The molecule has 0 fully saturated rings. The second-order valence-electron chi connectivity index (χ2n) is 5.02. The van der Waals surface area contributed by atoms with E-state index < -0.39 is 0 Å². The highest BCUT2D eigenvalue weighted by Crippen LogP contribution is 2.23. The Labute approximate surface area is 121 Å². The van der Waals surface area contributed by atoms with Gasteiger partial charge in [-0.2, -0.15) is 11.8 Å². The standard InChI is InChI=1S/C14H26N4S/c1-7-15-13-11(5)14(16-8-10(4)19-6)18-12(17-13)9(2)3/h9-10H,7-8H2,1-6H3,(H2,15,16,17,18). The van der Waals surface area contributed by atoms with Crippen LogP contribution in [0.4, 0.5) is 11.6 Å². The molecule has 0 saturated carbocycles. The first-order valence-corrected chi connectivity index (χ1v) is 8.17. The van der Waals surface area contributed by atoms with Crippen molar-refractivity contribution in [3.63, 3.8) is 0 Å². The molecule has 108 valence electrons. The minimum atomic E-state index is 0.330. The largest absolute Gasteiger partial charge is 0.370 e. The predicted molar refractivity (Wildman–Crippen MR) is 86.5 cm³/mol. The van der Waals surface area contributed by atoms with Crippen LogP contribution in [0.1, 0.15) is 45.0 Å². The summed E-state index contributed by atoms with van der Waals surface area (Å²) in [6.07, 6.45) is 2.13. The third-order valence-corrected chi connectivity index (χ3v) is 3.95. The van der Waals surface area contributed by atoms with Gasteiger partial charge in [0.25, 0.3) is 0 Å². The summed E-state index contributed by atoms with van der Waals surface area (Å²) in [5.74, 6) is 3.12. The molecule has 1 aromatic heterocycles. The summed E-state index contributed by atoms with van der Waals surface area (Å²) in [6.45, 7) is 12.4. The molecule has 4 nitrogen and oxygen atoms in total. The number of hydrogen-bond donors (Lipinski definition) is 2. The van der Waals surface area contributed by atoms with Gasteiger partial charge in [0.15, 0.2) is 0 Å². The Balaban J connectivity index is 3.00. The van der Waals surface area contributed by atoms with Crippen LogP contribution >= 0.6 is 11.8 Å². The molecule has 0 radical (unpaired) electrons. The Morgan fingerprint density at radius 3 is 2.16 bits per heavy atom. The second kappa shape index (κ2) is 7.58. The van der Waals surface area contributed by atoms with E-state index in [0.29, 0.717) is 11.2 Å².